The maximum Gasteiger partial charge on any atom is 0.175 e. The molecule has 0 amide bonds. The van der Waals surface area contributed by atoms with Crippen LogP contribution in [0.2, 0.25) is 5.02 Å². The Morgan fingerprint density at radius 1 is 1.27 bits per heavy atom. The Morgan fingerprint density at radius 3 is 2.77 bits per heavy atom. The third kappa shape index (κ3) is 3.60. The van der Waals surface area contributed by atoms with Gasteiger partial charge in [0.25, 0.3) is 0 Å². The molecular formula is C16H14BrClN2OS. The molecule has 114 valence electrons. The van der Waals surface area contributed by atoms with Crippen molar-refractivity contribution in [3.63, 3.8) is 0 Å². The average Bonchev–Trinajstić information content (AvgIpc) is 2.97. The fourth-order valence-corrected chi connectivity index (χ4v) is 3.10. The van der Waals surface area contributed by atoms with Gasteiger partial charge >= 0.3 is 0 Å². The fraction of sp³-hybridized carbons (Fsp3) is 0.188. The number of hydrogen-bond acceptors (Lipinski definition) is 2. The van der Waals surface area contributed by atoms with E-state index < -0.39 is 0 Å². The SMILES string of the molecule is S=C(Nc1cccc(Cl)c1)N1CCOC1c1ccc(Br)cc1. The summed E-state index contributed by atoms with van der Waals surface area (Å²) in [6.07, 6.45) is -0.160. The van der Waals surface area contributed by atoms with E-state index in [9.17, 15) is 0 Å². The first kappa shape index (κ1) is 15.7. The average molecular weight is 398 g/mol. The molecule has 1 heterocycles. The van der Waals surface area contributed by atoms with Crippen LogP contribution in [0.25, 0.3) is 0 Å². The van der Waals surface area contributed by atoms with Gasteiger partial charge in [0.15, 0.2) is 11.3 Å². The van der Waals surface area contributed by atoms with Gasteiger partial charge in [-0.25, -0.2) is 0 Å². The summed E-state index contributed by atoms with van der Waals surface area (Å²) in [7, 11) is 0. The van der Waals surface area contributed by atoms with E-state index in [1.807, 2.05) is 53.4 Å². The van der Waals surface area contributed by atoms with Gasteiger partial charge in [0.05, 0.1) is 6.61 Å². The number of nitrogens with one attached hydrogen (secondary N) is 1. The van der Waals surface area contributed by atoms with E-state index in [4.69, 9.17) is 28.6 Å². The molecule has 0 aliphatic carbocycles. The molecule has 1 N–H and O–H groups in total. The number of hydrogen-bond donors (Lipinski definition) is 1. The third-order valence-corrected chi connectivity index (χ3v) is 4.48. The smallest absolute Gasteiger partial charge is 0.175 e. The van der Waals surface area contributed by atoms with Crippen molar-refractivity contribution in [1.29, 1.82) is 0 Å². The zero-order valence-corrected chi connectivity index (χ0v) is 14.8. The summed E-state index contributed by atoms with van der Waals surface area (Å²) >= 11 is 15.0. The number of nitrogens with zero attached hydrogens (tertiary/aromatic N) is 1. The van der Waals surface area contributed by atoms with Crippen molar-refractivity contribution in [1.82, 2.24) is 4.90 Å². The van der Waals surface area contributed by atoms with Gasteiger partial charge in [-0.2, -0.15) is 0 Å². The van der Waals surface area contributed by atoms with E-state index >= 15 is 0 Å². The van der Waals surface area contributed by atoms with E-state index in [0.717, 1.165) is 22.3 Å². The zero-order chi connectivity index (χ0) is 15.5. The summed E-state index contributed by atoms with van der Waals surface area (Å²) in [5.74, 6) is 0. The second-order valence-electron chi connectivity index (χ2n) is 4.91. The first-order valence-corrected chi connectivity index (χ1v) is 8.42. The molecule has 0 saturated carbocycles. The second kappa shape index (κ2) is 6.96. The highest BCUT2D eigenvalue weighted by Gasteiger charge is 2.28. The van der Waals surface area contributed by atoms with Crippen LogP contribution < -0.4 is 5.32 Å². The lowest BCUT2D eigenvalue weighted by molar-refractivity contribution is 0.0642. The van der Waals surface area contributed by atoms with Crippen molar-refractivity contribution in [2.24, 2.45) is 0 Å². The predicted molar refractivity (Wildman–Crippen MR) is 97.2 cm³/mol. The van der Waals surface area contributed by atoms with Crippen molar-refractivity contribution in [2.45, 2.75) is 6.23 Å². The maximum absolute atomic E-state index is 6.00. The summed E-state index contributed by atoms with van der Waals surface area (Å²) in [6.45, 7) is 1.41. The third-order valence-electron chi connectivity index (χ3n) is 3.38. The van der Waals surface area contributed by atoms with Crippen molar-refractivity contribution >= 4 is 50.5 Å². The van der Waals surface area contributed by atoms with Gasteiger partial charge in [0.1, 0.15) is 0 Å². The zero-order valence-electron chi connectivity index (χ0n) is 11.6. The molecule has 0 spiro atoms. The Hall–Kier alpha value is -1.14. The molecule has 1 saturated heterocycles. The number of halogens is 2. The standard InChI is InChI=1S/C16H14BrClN2OS/c17-12-6-4-11(5-7-12)15-20(8-9-21-15)16(22)19-14-3-1-2-13(18)10-14/h1-7,10,15H,8-9H2,(H,19,22). The summed E-state index contributed by atoms with van der Waals surface area (Å²) in [5.41, 5.74) is 1.95. The lowest BCUT2D eigenvalue weighted by Crippen LogP contribution is -2.34. The predicted octanol–water partition coefficient (Wildman–Crippen LogP) is 4.83. The Kier molecular flexibility index (Phi) is 4.98. The van der Waals surface area contributed by atoms with Crippen LogP contribution in [-0.2, 0) is 4.74 Å². The molecule has 1 aliphatic heterocycles. The molecule has 1 atom stereocenters. The highest BCUT2D eigenvalue weighted by molar-refractivity contribution is 9.10. The van der Waals surface area contributed by atoms with Crippen molar-refractivity contribution in [3.05, 3.63) is 63.6 Å². The van der Waals surface area contributed by atoms with Gasteiger partial charge < -0.3 is 15.0 Å². The summed E-state index contributed by atoms with van der Waals surface area (Å²) < 4.78 is 6.87. The lowest BCUT2D eigenvalue weighted by atomic mass is 10.2. The van der Waals surface area contributed by atoms with Gasteiger partial charge in [0, 0.05) is 27.3 Å². The molecule has 22 heavy (non-hydrogen) atoms. The fourth-order valence-electron chi connectivity index (χ4n) is 2.34. The normalized spacial score (nSPS) is 17.5. The van der Waals surface area contributed by atoms with Gasteiger partial charge in [-0.1, -0.05) is 45.7 Å². The van der Waals surface area contributed by atoms with E-state index in [1.165, 1.54) is 0 Å². The quantitative estimate of drug-likeness (QED) is 0.734. The second-order valence-corrected chi connectivity index (χ2v) is 6.65. The first-order valence-electron chi connectivity index (χ1n) is 6.84. The number of anilines is 1. The molecule has 1 unspecified atom stereocenters. The molecule has 0 radical (unpaired) electrons. The molecule has 3 rings (SSSR count). The first-order chi connectivity index (χ1) is 10.6. The Balaban J connectivity index is 1.75. The number of ether oxygens (including phenoxy) is 1. The maximum atomic E-state index is 6.00. The van der Waals surface area contributed by atoms with E-state index in [0.29, 0.717) is 16.7 Å². The summed E-state index contributed by atoms with van der Waals surface area (Å²) in [4.78, 5) is 2.04. The highest BCUT2D eigenvalue weighted by Crippen LogP contribution is 2.28. The van der Waals surface area contributed by atoms with Crippen molar-refractivity contribution in [3.8, 4) is 0 Å². The minimum atomic E-state index is -0.160. The molecule has 6 heteroatoms. The van der Waals surface area contributed by atoms with Crippen LogP contribution in [0.3, 0.4) is 0 Å². The largest absolute Gasteiger partial charge is 0.352 e. The summed E-state index contributed by atoms with van der Waals surface area (Å²) in [5, 5.41) is 4.53. The minimum absolute atomic E-state index is 0.160. The number of thiocarbonyl (C=S) groups is 1. The van der Waals surface area contributed by atoms with Gasteiger partial charge in [0.2, 0.25) is 0 Å². The molecule has 1 fully saturated rings. The molecular weight excluding hydrogens is 384 g/mol. The van der Waals surface area contributed by atoms with Crippen molar-refractivity contribution in [2.75, 3.05) is 18.5 Å². The molecule has 2 aromatic rings. The van der Waals surface area contributed by atoms with Crippen LogP contribution in [0.15, 0.2) is 53.0 Å². The van der Waals surface area contributed by atoms with Gasteiger partial charge in [-0.3, -0.25) is 0 Å². The Morgan fingerprint density at radius 2 is 2.05 bits per heavy atom. The number of benzene rings is 2. The van der Waals surface area contributed by atoms with Crippen LogP contribution in [0.4, 0.5) is 5.69 Å². The Labute approximate surface area is 148 Å². The monoisotopic (exact) mass is 396 g/mol. The molecule has 3 nitrogen and oxygen atoms in total. The van der Waals surface area contributed by atoms with Crippen LogP contribution in [-0.4, -0.2) is 23.2 Å². The highest BCUT2D eigenvalue weighted by atomic mass is 79.9. The molecule has 0 aromatic heterocycles. The van der Waals surface area contributed by atoms with E-state index in [-0.39, 0.29) is 6.23 Å². The molecule has 1 aliphatic rings. The number of rotatable bonds is 2. The molecule has 0 bridgehead atoms. The lowest BCUT2D eigenvalue weighted by Gasteiger charge is -2.26. The van der Waals surface area contributed by atoms with Crippen LogP contribution in [0.5, 0.6) is 0 Å². The Bertz CT molecular complexity index is 680. The van der Waals surface area contributed by atoms with Gasteiger partial charge in [-0.15, -0.1) is 0 Å². The van der Waals surface area contributed by atoms with Crippen LogP contribution >= 0.6 is 39.7 Å². The summed E-state index contributed by atoms with van der Waals surface area (Å²) in [6, 6.07) is 15.6. The van der Waals surface area contributed by atoms with Crippen molar-refractivity contribution < 1.29 is 4.74 Å². The van der Waals surface area contributed by atoms with Crippen LogP contribution in [0.1, 0.15) is 11.8 Å². The van der Waals surface area contributed by atoms with E-state index in [2.05, 4.69) is 21.2 Å². The van der Waals surface area contributed by atoms with Crippen LogP contribution in [0, 0.1) is 0 Å². The molecule has 2 aromatic carbocycles. The topological polar surface area (TPSA) is 24.5 Å². The van der Waals surface area contributed by atoms with E-state index in [1.54, 1.807) is 0 Å². The van der Waals surface area contributed by atoms with Gasteiger partial charge in [-0.05, 0) is 42.5 Å². The minimum Gasteiger partial charge on any atom is -0.352 e.